The summed E-state index contributed by atoms with van der Waals surface area (Å²) in [6.07, 6.45) is 0.891. The van der Waals surface area contributed by atoms with Gasteiger partial charge in [0.15, 0.2) is 11.5 Å². The summed E-state index contributed by atoms with van der Waals surface area (Å²) in [5.41, 5.74) is 2.37. The molecular weight excluding hydrogens is 278 g/mol. The van der Waals surface area contributed by atoms with Crippen LogP contribution < -0.4 is 15.5 Å². The first-order valence-corrected chi connectivity index (χ1v) is 7.26. The van der Waals surface area contributed by atoms with E-state index in [1.165, 1.54) is 0 Å². The molecule has 0 unspecified atom stereocenters. The summed E-state index contributed by atoms with van der Waals surface area (Å²) in [5, 5.41) is 13.9. The molecule has 6 heteroatoms. The molecule has 1 amide bonds. The van der Waals surface area contributed by atoms with E-state index in [0.29, 0.717) is 18.1 Å². The molecule has 1 aromatic heterocycles. The molecule has 6 nitrogen and oxygen atoms in total. The summed E-state index contributed by atoms with van der Waals surface area (Å²) < 4.78 is 0. The van der Waals surface area contributed by atoms with Crippen LogP contribution in [0.2, 0.25) is 0 Å². The molecule has 1 aromatic carbocycles. The van der Waals surface area contributed by atoms with Gasteiger partial charge in [-0.15, -0.1) is 10.2 Å². The van der Waals surface area contributed by atoms with Crippen molar-refractivity contribution in [1.29, 1.82) is 0 Å². The van der Waals surface area contributed by atoms with Gasteiger partial charge in [-0.1, -0.05) is 6.92 Å². The molecule has 0 saturated heterocycles. The fourth-order valence-electron chi connectivity index (χ4n) is 1.84. The summed E-state index contributed by atoms with van der Waals surface area (Å²) in [6, 6.07) is 11.4. The third-order valence-corrected chi connectivity index (χ3v) is 3.09. The van der Waals surface area contributed by atoms with Crippen LogP contribution in [0.3, 0.4) is 0 Å². The van der Waals surface area contributed by atoms with Gasteiger partial charge in [0.2, 0.25) is 0 Å². The largest absolute Gasteiger partial charge is 0.378 e. The molecule has 0 saturated carbocycles. The Kier molecular flexibility index (Phi) is 5.30. The number of carbonyl (C=O) groups is 1. The Balaban J connectivity index is 2.00. The van der Waals surface area contributed by atoms with Crippen LogP contribution in [0.1, 0.15) is 23.8 Å². The highest BCUT2D eigenvalue weighted by Gasteiger charge is 2.07. The number of hydrogen-bond acceptors (Lipinski definition) is 5. The van der Waals surface area contributed by atoms with E-state index >= 15 is 0 Å². The van der Waals surface area contributed by atoms with Gasteiger partial charge < -0.3 is 15.5 Å². The average molecular weight is 299 g/mol. The quantitative estimate of drug-likeness (QED) is 0.857. The van der Waals surface area contributed by atoms with Crippen LogP contribution in [-0.4, -0.2) is 36.7 Å². The first kappa shape index (κ1) is 15.8. The fraction of sp³-hybridized carbons (Fsp3) is 0.312. The molecule has 116 valence electrons. The lowest BCUT2D eigenvalue weighted by molar-refractivity contribution is 0.0947. The van der Waals surface area contributed by atoms with Crippen LogP contribution in [-0.2, 0) is 0 Å². The Morgan fingerprint density at radius 2 is 1.82 bits per heavy atom. The summed E-state index contributed by atoms with van der Waals surface area (Å²) in [5.74, 6) is 0.404. The zero-order valence-electron chi connectivity index (χ0n) is 13.1. The summed E-state index contributed by atoms with van der Waals surface area (Å²) in [4.78, 5) is 13.8. The van der Waals surface area contributed by atoms with Gasteiger partial charge in [0, 0.05) is 32.0 Å². The second-order valence-electron chi connectivity index (χ2n) is 5.13. The van der Waals surface area contributed by atoms with Gasteiger partial charge in [0.05, 0.1) is 0 Å². The number of hydrogen-bond donors (Lipinski definition) is 2. The van der Waals surface area contributed by atoms with Gasteiger partial charge in [0.1, 0.15) is 0 Å². The van der Waals surface area contributed by atoms with E-state index in [1.807, 2.05) is 50.2 Å². The number of aromatic nitrogens is 2. The molecule has 0 aliphatic rings. The van der Waals surface area contributed by atoms with E-state index in [4.69, 9.17) is 0 Å². The second-order valence-corrected chi connectivity index (χ2v) is 5.13. The van der Waals surface area contributed by atoms with E-state index in [0.717, 1.165) is 17.8 Å². The topological polar surface area (TPSA) is 70.2 Å². The van der Waals surface area contributed by atoms with Crippen LogP contribution in [0.15, 0.2) is 36.4 Å². The molecule has 2 aromatic rings. The molecule has 0 spiro atoms. The number of nitrogens with zero attached hydrogens (tertiary/aromatic N) is 3. The zero-order chi connectivity index (χ0) is 15.9. The predicted molar refractivity (Wildman–Crippen MR) is 88.7 cm³/mol. The van der Waals surface area contributed by atoms with Gasteiger partial charge in [-0.3, -0.25) is 4.79 Å². The highest BCUT2D eigenvalue weighted by atomic mass is 16.1. The van der Waals surface area contributed by atoms with Crippen molar-refractivity contribution in [3.8, 4) is 0 Å². The van der Waals surface area contributed by atoms with Gasteiger partial charge >= 0.3 is 0 Å². The normalized spacial score (nSPS) is 10.1. The molecule has 0 radical (unpaired) electrons. The van der Waals surface area contributed by atoms with Crippen LogP contribution >= 0.6 is 0 Å². The highest BCUT2D eigenvalue weighted by molar-refractivity contribution is 5.92. The van der Waals surface area contributed by atoms with E-state index in [2.05, 4.69) is 20.8 Å². The number of carbonyl (C=O) groups excluding carboxylic acids is 1. The smallest absolute Gasteiger partial charge is 0.271 e. The van der Waals surface area contributed by atoms with E-state index in [9.17, 15) is 4.79 Å². The monoisotopic (exact) mass is 299 g/mol. The lowest BCUT2D eigenvalue weighted by Gasteiger charge is -2.13. The van der Waals surface area contributed by atoms with E-state index < -0.39 is 0 Å². The Morgan fingerprint density at radius 1 is 1.09 bits per heavy atom. The van der Waals surface area contributed by atoms with Crippen molar-refractivity contribution in [3.63, 3.8) is 0 Å². The van der Waals surface area contributed by atoms with Crippen LogP contribution in [0.25, 0.3) is 0 Å². The maximum Gasteiger partial charge on any atom is 0.271 e. The van der Waals surface area contributed by atoms with Crippen molar-refractivity contribution < 1.29 is 4.79 Å². The number of anilines is 3. The molecule has 0 fully saturated rings. The van der Waals surface area contributed by atoms with Crippen molar-refractivity contribution in [2.75, 3.05) is 30.9 Å². The van der Waals surface area contributed by atoms with Gasteiger partial charge in [-0.25, -0.2) is 0 Å². The number of amides is 1. The average Bonchev–Trinajstić information content (AvgIpc) is 2.54. The first-order valence-electron chi connectivity index (χ1n) is 7.26. The summed E-state index contributed by atoms with van der Waals surface area (Å²) in [6.45, 7) is 2.64. The van der Waals surface area contributed by atoms with Crippen LogP contribution in [0.5, 0.6) is 0 Å². The number of rotatable bonds is 6. The summed E-state index contributed by atoms with van der Waals surface area (Å²) in [7, 11) is 3.99. The fourth-order valence-corrected chi connectivity index (χ4v) is 1.84. The lowest BCUT2D eigenvalue weighted by atomic mass is 10.2. The highest BCUT2D eigenvalue weighted by Crippen LogP contribution is 2.18. The SMILES string of the molecule is CCCNC(=O)c1ccc(Nc2ccc(N(C)C)cc2)nn1. The van der Waals surface area contributed by atoms with E-state index in [1.54, 1.807) is 12.1 Å². The molecule has 0 aliphatic heterocycles. The molecule has 22 heavy (non-hydrogen) atoms. The number of benzene rings is 1. The third kappa shape index (κ3) is 4.18. The standard InChI is InChI=1S/C16H21N5O/c1-4-11-17-16(22)14-9-10-15(20-19-14)18-12-5-7-13(8-6-12)21(2)3/h5-10H,4,11H2,1-3H3,(H,17,22)(H,18,20). The molecule has 2 N–H and O–H groups in total. The number of nitrogens with one attached hydrogen (secondary N) is 2. The van der Waals surface area contributed by atoms with Crippen LogP contribution in [0, 0.1) is 0 Å². The lowest BCUT2D eigenvalue weighted by Crippen LogP contribution is -2.25. The minimum atomic E-state index is -0.198. The molecule has 2 rings (SSSR count). The Bertz CT molecular complexity index is 607. The minimum Gasteiger partial charge on any atom is -0.378 e. The van der Waals surface area contributed by atoms with Crippen molar-refractivity contribution in [2.45, 2.75) is 13.3 Å². The van der Waals surface area contributed by atoms with Crippen molar-refractivity contribution >= 4 is 23.1 Å². The molecule has 0 bridgehead atoms. The Hall–Kier alpha value is -2.63. The zero-order valence-corrected chi connectivity index (χ0v) is 13.1. The predicted octanol–water partition coefficient (Wildman–Crippen LogP) is 2.43. The maximum absolute atomic E-state index is 11.7. The Morgan fingerprint density at radius 3 is 2.36 bits per heavy atom. The summed E-state index contributed by atoms with van der Waals surface area (Å²) >= 11 is 0. The van der Waals surface area contributed by atoms with Crippen LogP contribution in [0.4, 0.5) is 17.2 Å². The van der Waals surface area contributed by atoms with Gasteiger partial charge in [-0.05, 0) is 42.8 Å². The Labute approximate surface area is 130 Å². The van der Waals surface area contributed by atoms with Crippen molar-refractivity contribution in [1.82, 2.24) is 15.5 Å². The molecule has 0 aliphatic carbocycles. The first-order chi connectivity index (χ1) is 10.6. The minimum absolute atomic E-state index is 0.198. The second kappa shape index (κ2) is 7.40. The van der Waals surface area contributed by atoms with E-state index in [-0.39, 0.29) is 5.91 Å². The third-order valence-electron chi connectivity index (χ3n) is 3.09. The molecule has 0 atom stereocenters. The van der Waals surface area contributed by atoms with Gasteiger partial charge in [-0.2, -0.15) is 0 Å². The maximum atomic E-state index is 11.7. The van der Waals surface area contributed by atoms with Crippen molar-refractivity contribution in [3.05, 3.63) is 42.1 Å². The van der Waals surface area contributed by atoms with Gasteiger partial charge in [0.25, 0.3) is 5.91 Å². The molecule has 1 heterocycles. The molecular formula is C16H21N5O. The van der Waals surface area contributed by atoms with Crippen molar-refractivity contribution in [2.24, 2.45) is 0 Å².